The molecule has 28 heavy (non-hydrogen) atoms. The van der Waals surface area contributed by atoms with Gasteiger partial charge in [0.25, 0.3) is 11.8 Å². The molecule has 2 N–H and O–H groups in total. The first-order valence-electron chi connectivity index (χ1n) is 8.75. The van der Waals surface area contributed by atoms with E-state index >= 15 is 0 Å². The van der Waals surface area contributed by atoms with E-state index in [1.807, 2.05) is 45.0 Å². The first-order chi connectivity index (χ1) is 13.3. The van der Waals surface area contributed by atoms with E-state index in [2.05, 4.69) is 15.6 Å². The van der Waals surface area contributed by atoms with Gasteiger partial charge < -0.3 is 10.6 Å². The fraction of sp³-hybridized carbons (Fsp3) is 0.136. The molecule has 0 spiro atoms. The highest BCUT2D eigenvalue weighted by atomic mass is 35.5. The van der Waals surface area contributed by atoms with E-state index in [1.165, 1.54) is 12.3 Å². The van der Waals surface area contributed by atoms with E-state index in [0.29, 0.717) is 22.0 Å². The minimum absolute atomic E-state index is 0.162. The molecule has 0 saturated heterocycles. The molecule has 0 saturated carbocycles. The second-order valence-electron chi connectivity index (χ2n) is 6.67. The number of hydrogen-bond donors (Lipinski definition) is 2. The summed E-state index contributed by atoms with van der Waals surface area (Å²) in [4.78, 5) is 29.2. The average Bonchev–Trinajstić information content (AvgIpc) is 2.64. The highest BCUT2D eigenvalue weighted by Gasteiger charge is 2.13. The maximum absolute atomic E-state index is 12.6. The van der Waals surface area contributed by atoms with Crippen molar-refractivity contribution in [3.63, 3.8) is 0 Å². The average molecular weight is 394 g/mol. The van der Waals surface area contributed by atoms with Crippen LogP contribution in [-0.4, -0.2) is 16.8 Å². The Morgan fingerprint density at radius 3 is 2.29 bits per heavy atom. The van der Waals surface area contributed by atoms with Crippen molar-refractivity contribution in [3.05, 3.63) is 87.7 Å². The highest BCUT2D eigenvalue weighted by Crippen LogP contribution is 2.21. The van der Waals surface area contributed by atoms with E-state index in [1.54, 1.807) is 18.2 Å². The van der Waals surface area contributed by atoms with Crippen molar-refractivity contribution < 1.29 is 9.59 Å². The van der Waals surface area contributed by atoms with Crippen molar-refractivity contribution in [2.45, 2.75) is 20.8 Å². The topological polar surface area (TPSA) is 71.1 Å². The number of carbonyl (C=O) groups excluding carboxylic acids is 2. The van der Waals surface area contributed by atoms with E-state index in [-0.39, 0.29) is 17.5 Å². The summed E-state index contributed by atoms with van der Waals surface area (Å²) in [5.41, 5.74) is 4.79. The fourth-order valence-corrected chi connectivity index (χ4v) is 3.03. The van der Waals surface area contributed by atoms with Crippen LogP contribution < -0.4 is 10.6 Å². The third-order valence-corrected chi connectivity index (χ3v) is 4.42. The van der Waals surface area contributed by atoms with Gasteiger partial charge in [0.15, 0.2) is 0 Å². The lowest BCUT2D eigenvalue weighted by molar-refractivity contribution is 0.102. The number of halogens is 1. The Bertz CT molecular complexity index is 1040. The van der Waals surface area contributed by atoms with E-state index < -0.39 is 0 Å². The number of aromatic nitrogens is 1. The molecular weight excluding hydrogens is 374 g/mol. The van der Waals surface area contributed by atoms with E-state index in [0.717, 1.165) is 16.7 Å². The number of aryl methyl sites for hydroxylation is 3. The Kier molecular flexibility index (Phi) is 5.76. The summed E-state index contributed by atoms with van der Waals surface area (Å²) in [7, 11) is 0. The Balaban J connectivity index is 1.78. The molecule has 3 rings (SSSR count). The normalized spacial score (nSPS) is 10.4. The molecule has 1 aromatic heterocycles. The molecule has 2 aromatic carbocycles. The Hall–Kier alpha value is -3.18. The number of rotatable bonds is 4. The molecule has 0 aliphatic rings. The summed E-state index contributed by atoms with van der Waals surface area (Å²) in [5, 5.41) is 6.17. The fourth-order valence-electron chi connectivity index (χ4n) is 2.86. The molecule has 0 aliphatic heterocycles. The summed E-state index contributed by atoms with van der Waals surface area (Å²) in [6.45, 7) is 5.80. The predicted octanol–water partition coefficient (Wildman–Crippen LogP) is 5.16. The van der Waals surface area contributed by atoms with Crippen LogP contribution in [0.3, 0.4) is 0 Å². The molecule has 0 atom stereocenters. The van der Waals surface area contributed by atoms with Gasteiger partial charge in [-0.3, -0.25) is 14.6 Å². The quantitative estimate of drug-likeness (QED) is 0.642. The van der Waals surface area contributed by atoms with Gasteiger partial charge in [-0.25, -0.2) is 0 Å². The zero-order chi connectivity index (χ0) is 20.3. The zero-order valence-electron chi connectivity index (χ0n) is 15.8. The number of carbonyl (C=O) groups is 2. The van der Waals surface area contributed by atoms with E-state index in [4.69, 9.17) is 11.6 Å². The van der Waals surface area contributed by atoms with Crippen LogP contribution in [0.25, 0.3) is 0 Å². The van der Waals surface area contributed by atoms with E-state index in [9.17, 15) is 9.59 Å². The smallest absolute Gasteiger partial charge is 0.274 e. The van der Waals surface area contributed by atoms with Gasteiger partial charge in [-0.1, -0.05) is 23.7 Å². The number of hydrogen-bond acceptors (Lipinski definition) is 3. The molecule has 142 valence electrons. The first-order valence-corrected chi connectivity index (χ1v) is 9.13. The third kappa shape index (κ3) is 4.75. The van der Waals surface area contributed by atoms with Gasteiger partial charge >= 0.3 is 0 Å². The number of anilines is 2. The number of nitrogens with one attached hydrogen (secondary N) is 2. The van der Waals surface area contributed by atoms with Crippen molar-refractivity contribution in [1.82, 2.24) is 4.98 Å². The Labute approximate surface area is 168 Å². The van der Waals surface area contributed by atoms with Crippen LogP contribution in [-0.2, 0) is 0 Å². The minimum Gasteiger partial charge on any atom is -0.322 e. The molecule has 0 unspecified atom stereocenters. The van der Waals surface area contributed by atoms with Gasteiger partial charge in [-0.15, -0.1) is 0 Å². The summed E-state index contributed by atoms with van der Waals surface area (Å²) in [6, 6.07) is 14.1. The van der Waals surface area contributed by atoms with Crippen LogP contribution in [0, 0.1) is 20.8 Å². The van der Waals surface area contributed by atoms with Gasteiger partial charge in [-0.2, -0.15) is 0 Å². The van der Waals surface area contributed by atoms with Crippen molar-refractivity contribution >= 4 is 34.8 Å². The van der Waals surface area contributed by atoms with Gasteiger partial charge in [0.2, 0.25) is 0 Å². The summed E-state index contributed by atoms with van der Waals surface area (Å²) in [6.07, 6.45) is 1.44. The number of nitrogens with zero attached hydrogens (tertiary/aromatic N) is 1. The van der Waals surface area contributed by atoms with Gasteiger partial charge in [0.1, 0.15) is 5.69 Å². The molecule has 0 radical (unpaired) electrons. The zero-order valence-corrected chi connectivity index (χ0v) is 16.6. The summed E-state index contributed by atoms with van der Waals surface area (Å²) < 4.78 is 0. The van der Waals surface area contributed by atoms with Crippen molar-refractivity contribution in [2.24, 2.45) is 0 Å². The molecular formula is C22H20ClN3O2. The molecule has 2 amide bonds. The maximum atomic E-state index is 12.6. The second-order valence-corrected chi connectivity index (χ2v) is 7.11. The third-order valence-electron chi connectivity index (χ3n) is 4.18. The molecule has 1 heterocycles. The second kappa shape index (κ2) is 8.23. The van der Waals surface area contributed by atoms with Crippen LogP contribution in [0.15, 0.2) is 54.7 Å². The molecule has 6 heteroatoms. The van der Waals surface area contributed by atoms with Crippen molar-refractivity contribution in [2.75, 3.05) is 10.6 Å². The van der Waals surface area contributed by atoms with Gasteiger partial charge in [0, 0.05) is 28.2 Å². The summed E-state index contributed by atoms with van der Waals surface area (Å²) >= 11 is 6.00. The van der Waals surface area contributed by atoms with Crippen LogP contribution in [0.2, 0.25) is 5.02 Å². The SMILES string of the molecule is Cc1cc(C)cc(NC(=O)c2cc(C(=O)Nc3cc(Cl)ccc3C)ccn2)c1. The van der Waals surface area contributed by atoms with Crippen LogP contribution >= 0.6 is 11.6 Å². The Morgan fingerprint density at radius 1 is 0.857 bits per heavy atom. The minimum atomic E-state index is -0.376. The van der Waals surface area contributed by atoms with Crippen LogP contribution in [0.5, 0.6) is 0 Å². The molecule has 3 aromatic rings. The molecule has 5 nitrogen and oxygen atoms in total. The molecule has 0 bridgehead atoms. The number of benzene rings is 2. The lowest BCUT2D eigenvalue weighted by atomic mass is 10.1. The Morgan fingerprint density at radius 2 is 1.57 bits per heavy atom. The lowest BCUT2D eigenvalue weighted by Crippen LogP contribution is -2.17. The first kappa shape index (κ1) is 19.6. The molecule has 0 aliphatic carbocycles. The number of amides is 2. The lowest BCUT2D eigenvalue weighted by Gasteiger charge is -2.10. The summed E-state index contributed by atoms with van der Waals surface area (Å²) in [5.74, 6) is -0.716. The van der Waals surface area contributed by atoms with Crippen LogP contribution in [0.4, 0.5) is 11.4 Å². The maximum Gasteiger partial charge on any atom is 0.274 e. The van der Waals surface area contributed by atoms with Crippen molar-refractivity contribution in [3.8, 4) is 0 Å². The van der Waals surface area contributed by atoms with Crippen molar-refractivity contribution in [1.29, 1.82) is 0 Å². The van der Waals surface area contributed by atoms with Gasteiger partial charge in [0.05, 0.1) is 0 Å². The highest BCUT2D eigenvalue weighted by molar-refractivity contribution is 6.31. The predicted molar refractivity (Wildman–Crippen MR) is 112 cm³/mol. The van der Waals surface area contributed by atoms with Gasteiger partial charge in [-0.05, 0) is 73.9 Å². The molecule has 0 fully saturated rings. The largest absolute Gasteiger partial charge is 0.322 e. The monoisotopic (exact) mass is 393 g/mol. The standard InChI is InChI=1S/C22H20ClN3O2/c1-13-8-14(2)10-18(9-13)25-22(28)20-11-16(6-7-24-20)21(27)26-19-12-17(23)5-4-15(19)3/h4-12H,1-3H3,(H,25,28)(H,26,27). The van der Waals surface area contributed by atoms with Crippen LogP contribution in [0.1, 0.15) is 37.5 Å². The number of pyridine rings is 1.